The third-order valence-corrected chi connectivity index (χ3v) is 0.519. The lowest BCUT2D eigenvalue weighted by molar-refractivity contribution is 0.616. The zero-order valence-corrected chi connectivity index (χ0v) is 4.57. The summed E-state index contributed by atoms with van der Waals surface area (Å²) in [5.41, 5.74) is 0. The Bertz CT molecular complexity index is 42.8. The van der Waals surface area contributed by atoms with Gasteiger partial charge < -0.3 is 0 Å². The first-order valence-electron chi connectivity index (χ1n) is 1.75. The molecule has 0 N–H and O–H groups in total. The standard InChI is InChI=1S/C4H8ClN/c1-3-4-6(2)5/h3H,1,4H2,2H3. The maximum Gasteiger partial charge on any atom is 0.0314 e. The first-order valence-corrected chi connectivity index (χ1v) is 2.09. The molecule has 0 heterocycles. The maximum atomic E-state index is 5.34. The Morgan fingerprint density at radius 1 is 2.00 bits per heavy atom. The molecule has 0 atom stereocenters. The summed E-state index contributed by atoms with van der Waals surface area (Å²) in [6, 6.07) is 0. The number of hydrogen-bond acceptors (Lipinski definition) is 1. The van der Waals surface area contributed by atoms with Crippen molar-refractivity contribution in [2.24, 2.45) is 0 Å². The van der Waals surface area contributed by atoms with Crippen molar-refractivity contribution < 1.29 is 0 Å². The Kier molecular flexibility index (Phi) is 3.19. The van der Waals surface area contributed by atoms with E-state index in [4.69, 9.17) is 11.8 Å². The summed E-state index contributed by atoms with van der Waals surface area (Å²) in [6.07, 6.45) is 1.74. The van der Waals surface area contributed by atoms with Gasteiger partial charge in [-0.2, -0.15) is 0 Å². The normalized spacial score (nSPS) is 9.17. The summed E-state index contributed by atoms with van der Waals surface area (Å²) >= 11 is 5.34. The van der Waals surface area contributed by atoms with E-state index in [1.165, 1.54) is 4.42 Å². The molecule has 0 amide bonds. The van der Waals surface area contributed by atoms with E-state index in [2.05, 4.69) is 6.58 Å². The minimum absolute atomic E-state index is 0.738. The highest BCUT2D eigenvalue weighted by Crippen LogP contribution is 1.83. The first-order chi connectivity index (χ1) is 2.77. The summed E-state index contributed by atoms with van der Waals surface area (Å²) < 4.78 is 1.53. The van der Waals surface area contributed by atoms with E-state index in [9.17, 15) is 0 Å². The molecule has 0 aromatic rings. The van der Waals surface area contributed by atoms with Crippen molar-refractivity contribution in [3.8, 4) is 0 Å². The number of nitrogens with zero attached hydrogens (tertiary/aromatic N) is 1. The van der Waals surface area contributed by atoms with Crippen LogP contribution in [0.2, 0.25) is 0 Å². The van der Waals surface area contributed by atoms with Crippen LogP contribution in [0.25, 0.3) is 0 Å². The molecule has 0 saturated carbocycles. The Morgan fingerprint density at radius 3 is 2.50 bits per heavy atom. The first kappa shape index (κ1) is 5.99. The lowest BCUT2D eigenvalue weighted by Gasteiger charge is -1.97. The predicted molar refractivity (Wildman–Crippen MR) is 28.7 cm³/mol. The molecule has 0 spiro atoms. The molecule has 0 aromatic carbocycles. The highest BCUT2D eigenvalue weighted by atomic mass is 35.5. The van der Waals surface area contributed by atoms with E-state index in [0.29, 0.717) is 0 Å². The second-order valence-corrected chi connectivity index (χ2v) is 1.65. The Morgan fingerprint density at radius 2 is 2.50 bits per heavy atom. The third kappa shape index (κ3) is 3.99. The highest BCUT2D eigenvalue weighted by Gasteiger charge is 1.79. The van der Waals surface area contributed by atoms with E-state index >= 15 is 0 Å². The molecule has 0 aliphatic heterocycles. The highest BCUT2D eigenvalue weighted by molar-refractivity contribution is 6.13. The van der Waals surface area contributed by atoms with Crippen molar-refractivity contribution in [3.63, 3.8) is 0 Å². The average molecular weight is 106 g/mol. The van der Waals surface area contributed by atoms with Gasteiger partial charge in [-0.1, -0.05) is 6.08 Å². The van der Waals surface area contributed by atoms with E-state index < -0.39 is 0 Å². The van der Waals surface area contributed by atoms with Crippen LogP contribution in [0, 0.1) is 0 Å². The lowest BCUT2D eigenvalue weighted by atomic mass is 10.6. The number of rotatable bonds is 2. The molecule has 0 rings (SSSR count). The molecule has 6 heavy (non-hydrogen) atoms. The SMILES string of the molecule is C=CCN(C)Cl. The minimum Gasteiger partial charge on any atom is -0.219 e. The summed E-state index contributed by atoms with van der Waals surface area (Å²) in [7, 11) is 1.78. The molecular weight excluding hydrogens is 97.5 g/mol. The Balaban J connectivity index is 2.81. The predicted octanol–water partition coefficient (Wildman–Crippen LogP) is 1.26. The second-order valence-electron chi connectivity index (χ2n) is 1.08. The molecule has 0 aromatic heterocycles. The van der Waals surface area contributed by atoms with Crippen LogP contribution in [-0.2, 0) is 0 Å². The van der Waals surface area contributed by atoms with Gasteiger partial charge >= 0.3 is 0 Å². The largest absolute Gasteiger partial charge is 0.219 e. The average Bonchev–Trinajstić information content (AvgIpc) is 1.35. The molecule has 1 nitrogen and oxygen atoms in total. The van der Waals surface area contributed by atoms with E-state index in [1.54, 1.807) is 13.1 Å². The summed E-state index contributed by atoms with van der Waals surface area (Å²) in [6.45, 7) is 4.21. The molecule has 0 aliphatic rings. The summed E-state index contributed by atoms with van der Waals surface area (Å²) in [5.74, 6) is 0. The van der Waals surface area contributed by atoms with Crippen LogP contribution in [0.3, 0.4) is 0 Å². The van der Waals surface area contributed by atoms with Gasteiger partial charge in [-0.05, 0) is 11.8 Å². The molecule has 36 valence electrons. The Hall–Kier alpha value is -0.0100. The molecule has 0 fully saturated rings. The fourth-order valence-corrected chi connectivity index (χ4v) is 0.275. The number of halogens is 1. The van der Waals surface area contributed by atoms with Crippen molar-refractivity contribution in [2.75, 3.05) is 13.6 Å². The maximum absolute atomic E-state index is 5.34. The smallest absolute Gasteiger partial charge is 0.0314 e. The molecule has 0 bridgehead atoms. The fourth-order valence-electron chi connectivity index (χ4n) is 0.178. The van der Waals surface area contributed by atoms with Crippen LogP contribution >= 0.6 is 11.8 Å². The van der Waals surface area contributed by atoms with Crippen LogP contribution in [0.15, 0.2) is 12.7 Å². The van der Waals surface area contributed by atoms with Crippen LogP contribution in [0.1, 0.15) is 0 Å². The van der Waals surface area contributed by atoms with Crippen molar-refractivity contribution in [1.29, 1.82) is 0 Å². The van der Waals surface area contributed by atoms with E-state index in [0.717, 1.165) is 6.54 Å². The van der Waals surface area contributed by atoms with Crippen LogP contribution in [0.4, 0.5) is 0 Å². The van der Waals surface area contributed by atoms with Crippen LogP contribution in [0.5, 0.6) is 0 Å². The van der Waals surface area contributed by atoms with Crippen LogP contribution in [-0.4, -0.2) is 18.0 Å². The van der Waals surface area contributed by atoms with Crippen molar-refractivity contribution in [2.45, 2.75) is 0 Å². The zero-order valence-electron chi connectivity index (χ0n) is 3.82. The van der Waals surface area contributed by atoms with Crippen molar-refractivity contribution in [3.05, 3.63) is 12.7 Å². The van der Waals surface area contributed by atoms with Gasteiger partial charge in [0.1, 0.15) is 0 Å². The Labute approximate surface area is 43.3 Å². The van der Waals surface area contributed by atoms with E-state index in [-0.39, 0.29) is 0 Å². The topological polar surface area (TPSA) is 3.24 Å². The van der Waals surface area contributed by atoms with Gasteiger partial charge in [0.05, 0.1) is 0 Å². The van der Waals surface area contributed by atoms with Gasteiger partial charge in [-0.3, -0.25) is 0 Å². The van der Waals surface area contributed by atoms with Gasteiger partial charge in [-0.25, -0.2) is 4.42 Å². The molecule has 2 heteroatoms. The lowest BCUT2D eigenvalue weighted by Crippen LogP contribution is -2.01. The number of hydrogen-bond donors (Lipinski definition) is 0. The van der Waals surface area contributed by atoms with Gasteiger partial charge in [0.2, 0.25) is 0 Å². The molecular formula is C4H8ClN. The van der Waals surface area contributed by atoms with E-state index in [1.807, 2.05) is 0 Å². The monoisotopic (exact) mass is 105 g/mol. The van der Waals surface area contributed by atoms with Gasteiger partial charge in [0, 0.05) is 13.6 Å². The molecule has 0 unspecified atom stereocenters. The minimum atomic E-state index is 0.738. The molecule has 0 radical (unpaired) electrons. The van der Waals surface area contributed by atoms with Crippen molar-refractivity contribution in [1.82, 2.24) is 4.42 Å². The number of likely N-dealkylation sites (N-methyl/N-ethyl adjacent to an activating group) is 1. The summed E-state index contributed by atoms with van der Waals surface area (Å²) in [5, 5.41) is 0. The summed E-state index contributed by atoms with van der Waals surface area (Å²) in [4.78, 5) is 0. The zero-order chi connectivity index (χ0) is 4.99. The molecule has 0 aliphatic carbocycles. The van der Waals surface area contributed by atoms with Gasteiger partial charge in [0.15, 0.2) is 0 Å². The van der Waals surface area contributed by atoms with Gasteiger partial charge in [-0.15, -0.1) is 6.58 Å². The second kappa shape index (κ2) is 3.19. The van der Waals surface area contributed by atoms with Crippen LogP contribution < -0.4 is 0 Å². The third-order valence-electron chi connectivity index (χ3n) is 0.381. The quantitative estimate of drug-likeness (QED) is 0.378. The molecule has 0 saturated heterocycles. The van der Waals surface area contributed by atoms with Gasteiger partial charge in [0.25, 0.3) is 0 Å². The van der Waals surface area contributed by atoms with Crippen molar-refractivity contribution >= 4 is 11.8 Å². The fraction of sp³-hybridized carbons (Fsp3) is 0.500.